The zero-order valence-electron chi connectivity index (χ0n) is 8.01. The Balaban J connectivity index is 2.80. The lowest BCUT2D eigenvalue weighted by Crippen LogP contribution is -2.22. The lowest BCUT2D eigenvalue weighted by atomic mass is 10.1. The summed E-state index contributed by atoms with van der Waals surface area (Å²) in [5, 5.41) is 2.85. The minimum atomic E-state index is -0.434. The van der Waals surface area contributed by atoms with Crippen molar-refractivity contribution in [3.63, 3.8) is 0 Å². The molecular weight excluding hydrogens is 183 g/mol. The van der Waals surface area contributed by atoms with Crippen LogP contribution >= 0.6 is 0 Å². The normalized spacial score (nSPS) is 9.86. The van der Waals surface area contributed by atoms with Gasteiger partial charge in [0.15, 0.2) is 0 Å². The summed E-state index contributed by atoms with van der Waals surface area (Å²) >= 11 is 0. The highest BCUT2D eigenvalue weighted by molar-refractivity contribution is 5.79. The largest absolute Gasteiger partial charge is 0.376 e. The molecule has 0 aliphatic heterocycles. The van der Waals surface area contributed by atoms with Crippen LogP contribution in [-0.4, -0.2) is 12.5 Å². The number of amides is 1. The number of halogens is 1. The topological polar surface area (TPSA) is 55.1 Å². The van der Waals surface area contributed by atoms with Gasteiger partial charge in [-0.3, -0.25) is 4.79 Å². The predicted octanol–water partition coefficient (Wildman–Crippen LogP) is 1.29. The van der Waals surface area contributed by atoms with Crippen LogP contribution in [0.3, 0.4) is 0 Å². The average Bonchev–Trinajstić information content (AvgIpc) is 2.15. The SMILES string of the molecule is CCc1cc(F)ccc1NCC(N)=O. The van der Waals surface area contributed by atoms with E-state index in [4.69, 9.17) is 5.73 Å². The minimum absolute atomic E-state index is 0.0681. The molecule has 0 fully saturated rings. The van der Waals surface area contributed by atoms with Crippen LogP contribution in [0.15, 0.2) is 18.2 Å². The first-order valence-electron chi connectivity index (χ1n) is 4.44. The van der Waals surface area contributed by atoms with Gasteiger partial charge in [0.1, 0.15) is 5.82 Å². The minimum Gasteiger partial charge on any atom is -0.376 e. The Morgan fingerprint density at radius 1 is 1.57 bits per heavy atom. The van der Waals surface area contributed by atoms with E-state index in [1.165, 1.54) is 12.1 Å². The highest BCUT2D eigenvalue weighted by Crippen LogP contribution is 2.16. The van der Waals surface area contributed by atoms with Crippen LogP contribution in [0.5, 0.6) is 0 Å². The third-order valence-corrected chi connectivity index (χ3v) is 1.90. The van der Waals surface area contributed by atoms with Crippen LogP contribution in [0.25, 0.3) is 0 Å². The fourth-order valence-corrected chi connectivity index (χ4v) is 1.21. The number of carbonyl (C=O) groups excluding carboxylic acids is 1. The number of hydrogen-bond acceptors (Lipinski definition) is 2. The fraction of sp³-hybridized carbons (Fsp3) is 0.300. The Hall–Kier alpha value is -1.58. The van der Waals surface area contributed by atoms with E-state index in [0.29, 0.717) is 6.42 Å². The number of nitrogens with two attached hydrogens (primary N) is 1. The van der Waals surface area contributed by atoms with E-state index in [1.54, 1.807) is 6.07 Å². The first-order chi connectivity index (χ1) is 6.63. The van der Waals surface area contributed by atoms with E-state index < -0.39 is 5.91 Å². The van der Waals surface area contributed by atoms with E-state index in [2.05, 4.69) is 5.32 Å². The number of aryl methyl sites for hydroxylation is 1. The maximum atomic E-state index is 12.8. The van der Waals surface area contributed by atoms with Crippen molar-refractivity contribution in [3.8, 4) is 0 Å². The van der Waals surface area contributed by atoms with Crippen molar-refractivity contribution in [3.05, 3.63) is 29.6 Å². The number of carbonyl (C=O) groups is 1. The van der Waals surface area contributed by atoms with Crippen molar-refractivity contribution in [1.82, 2.24) is 0 Å². The number of nitrogens with one attached hydrogen (secondary N) is 1. The van der Waals surface area contributed by atoms with E-state index in [9.17, 15) is 9.18 Å². The molecular formula is C10H13FN2O. The van der Waals surface area contributed by atoms with Gasteiger partial charge in [-0.2, -0.15) is 0 Å². The van der Waals surface area contributed by atoms with Crippen LogP contribution in [0.1, 0.15) is 12.5 Å². The van der Waals surface area contributed by atoms with Crippen LogP contribution in [0, 0.1) is 5.82 Å². The highest BCUT2D eigenvalue weighted by Gasteiger charge is 2.02. The molecule has 1 aromatic carbocycles. The molecule has 0 heterocycles. The number of anilines is 1. The summed E-state index contributed by atoms with van der Waals surface area (Å²) in [6, 6.07) is 4.41. The van der Waals surface area contributed by atoms with Gasteiger partial charge in [0, 0.05) is 5.69 Å². The number of hydrogen-bond donors (Lipinski definition) is 2. The Kier molecular flexibility index (Phi) is 3.45. The molecule has 1 aromatic rings. The second-order valence-electron chi connectivity index (χ2n) is 2.97. The van der Waals surface area contributed by atoms with Crippen LogP contribution in [0.4, 0.5) is 10.1 Å². The second-order valence-corrected chi connectivity index (χ2v) is 2.97. The van der Waals surface area contributed by atoms with Gasteiger partial charge in [0.2, 0.25) is 5.91 Å². The average molecular weight is 196 g/mol. The molecule has 1 rings (SSSR count). The van der Waals surface area contributed by atoms with E-state index in [-0.39, 0.29) is 12.4 Å². The van der Waals surface area contributed by atoms with E-state index >= 15 is 0 Å². The van der Waals surface area contributed by atoms with Crippen molar-refractivity contribution in [2.45, 2.75) is 13.3 Å². The lowest BCUT2D eigenvalue weighted by Gasteiger charge is -2.09. The molecule has 0 saturated heterocycles. The van der Waals surface area contributed by atoms with Gasteiger partial charge in [-0.1, -0.05) is 6.92 Å². The van der Waals surface area contributed by atoms with Gasteiger partial charge in [0.25, 0.3) is 0 Å². The van der Waals surface area contributed by atoms with Gasteiger partial charge in [-0.25, -0.2) is 4.39 Å². The highest BCUT2D eigenvalue weighted by atomic mass is 19.1. The van der Waals surface area contributed by atoms with Gasteiger partial charge in [-0.05, 0) is 30.2 Å². The predicted molar refractivity (Wildman–Crippen MR) is 53.5 cm³/mol. The summed E-state index contributed by atoms with van der Waals surface area (Å²) in [4.78, 5) is 10.5. The molecule has 0 spiro atoms. The van der Waals surface area contributed by atoms with Gasteiger partial charge < -0.3 is 11.1 Å². The molecule has 0 saturated carbocycles. The molecule has 4 heteroatoms. The number of benzene rings is 1. The van der Waals surface area contributed by atoms with Crippen LogP contribution < -0.4 is 11.1 Å². The molecule has 14 heavy (non-hydrogen) atoms. The smallest absolute Gasteiger partial charge is 0.236 e. The number of primary amides is 1. The van der Waals surface area contributed by atoms with Crippen molar-refractivity contribution >= 4 is 11.6 Å². The van der Waals surface area contributed by atoms with Crippen molar-refractivity contribution < 1.29 is 9.18 Å². The molecule has 1 amide bonds. The molecule has 0 aliphatic rings. The molecule has 0 unspecified atom stereocenters. The molecule has 0 atom stereocenters. The standard InChI is InChI=1S/C10H13FN2O/c1-2-7-5-8(11)3-4-9(7)13-6-10(12)14/h3-5,13H,2,6H2,1H3,(H2,12,14). The summed E-state index contributed by atoms with van der Waals surface area (Å²) in [6.07, 6.45) is 0.707. The molecule has 3 nitrogen and oxygen atoms in total. The molecule has 0 aliphatic carbocycles. The van der Waals surface area contributed by atoms with Crippen molar-refractivity contribution in [2.24, 2.45) is 5.73 Å². The van der Waals surface area contributed by atoms with E-state index in [1.807, 2.05) is 6.92 Å². The Bertz CT molecular complexity index is 339. The Labute approximate surface area is 82.1 Å². The second kappa shape index (κ2) is 4.60. The fourth-order valence-electron chi connectivity index (χ4n) is 1.21. The Morgan fingerprint density at radius 2 is 2.29 bits per heavy atom. The van der Waals surface area contributed by atoms with Gasteiger partial charge >= 0.3 is 0 Å². The quantitative estimate of drug-likeness (QED) is 0.762. The third kappa shape index (κ3) is 2.73. The lowest BCUT2D eigenvalue weighted by molar-refractivity contribution is -0.116. The molecule has 3 N–H and O–H groups in total. The summed E-state index contributed by atoms with van der Waals surface area (Å²) in [6.45, 7) is 1.99. The molecule has 0 aromatic heterocycles. The van der Waals surface area contributed by atoms with Crippen LogP contribution in [-0.2, 0) is 11.2 Å². The maximum absolute atomic E-state index is 12.8. The summed E-state index contributed by atoms with van der Waals surface area (Å²) in [7, 11) is 0. The molecule has 76 valence electrons. The summed E-state index contributed by atoms with van der Waals surface area (Å²) in [5.74, 6) is -0.706. The monoisotopic (exact) mass is 196 g/mol. The van der Waals surface area contributed by atoms with Crippen molar-refractivity contribution in [2.75, 3.05) is 11.9 Å². The Morgan fingerprint density at radius 3 is 2.86 bits per heavy atom. The summed E-state index contributed by atoms with van der Waals surface area (Å²) in [5.41, 5.74) is 6.58. The maximum Gasteiger partial charge on any atom is 0.236 e. The first kappa shape index (κ1) is 10.5. The molecule has 0 bridgehead atoms. The first-order valence-corrected chi connectivity index (χ1v) is 4.44. The zero-order valence-corrected chi connectivity index (χ0v) is 8.01. The third-order valence-electron chi connectivity index (χ3n) is 1.90. The number of rotatable bonds is 4. The van der Waals surface area contributed by atoms with Gasteiger partial charge in [-0.15, -0.1) is 0 Å². The zero-order chi connectivity index (χ0) is 10.6. The van der Waals surface area contributed by atoms with Crippen molar-refractivity contribution in [1.29, 1.82) is 0 Å². The summed E-state index contributed by atoms with van der Waals surface area (Å²) < 4.78 is 12.8. The van der Waals surface area contributed by atoms with Gasteiger partial charge in [0.05, 0.1) is 6.54 Å². The van der Waals surface area contributed by atoms with Crippen LogP contribution in [0.2, 0.25) is 0 Å². The van der Waals surface area contributed by atoms with E-state index in [0.717, 1.165) is 11.3 Å². The molecule has 0 radical (unpaired) electrons.